The van der Waals surface area contributed by atoms with Crippen LogP contribution in [0.3, 0.4) is 0 Å². The molecule has 3 aromatic rings. The van der Waals surface area contributed by atoms with Crippen LogP contribution in [0.25, 0.3) is 0 Å². The minimum Gasteiger partial charge on any atom is -0.497 e. The number of ether oxygens (including phenoxy) is 1. The van der Waals surface area contributed by atoms with E-state index in [2.05, 4.69) is 15.9 Å². The maximum absolute atomic E-state index is 13.9. The Hall–Kier alpha value is -3.23. The summed E-state index contributed by atoms with van der Waals surface area (Å²) < 4.78 is 35.1. The highest BCUT2D eigenvalue weighted by atomic mass is 79.9. The topological polar surface area (TPSA) is 80.8 Å². The van der Waals surface area contributed by atoms with Gasteiger partial charge in [-0.1, -0.05) is 58.4 Å². The van der Waals surface area contributed by atoms with Gasteiger partial charge in [0.1, 0.15) is 5.75 Å². The van der Waals surface area contributed by atoms with Crippen molar-refractivity contribution in [1.29, 1.82) is 0 Å². The van der Waals surface area contributed by atoms with Crippen LogP contribution in [0.2, 0.25) is 0 Å². The molecule has 0 heterocycles. The molecule has 0 amide bonds. The summed E-state index contributed by atoms with van der Waals surface area (Å²) in [6.07, 6.45) is 2.30. The lowest BCUT2D eigenvalue weighted by Gasteiger charge is -2.37. The normalized spacial score (nSPS) is 19.2. The number of carbonyl (C=O) groups is 2. The van der Waals surface area contributed by atoms with Gasteiger partial charge in [0.2, 0.25) is 0 Å². The van der Waals surface area contributed by atoms with Gasteiger partial charge in [0.15, 0.2) is 11.6 Å². The van der Waals surface area contributed by atoms with Crippen LogP contribution in [-0.2, 0) is 16.6 Å². The fourth-order valence-corrected chi connectivity index (χ4v) is 6.71. The number of carbonyl (C=O) groups excluding carboxylic acids is 2. The molecule has 5 rings (SSSR count). The smallest absolute Gasteiger partial charge is 0.264 e. The average molecular weight is 566 g/mol. The number of allylic oxidation sites excluding steroid dienone is 2. The van der Waals surface area contributed by atoms with Crippen molar-refractivity contribution in [3.8, 4) is 5.75 Å². The molecular formula is C28H24BrNO5S. The van der Waals surface area contributed by atoms with E-state index in [1.54, 1.807) is 73.8 Å². The summed E-state index contributed by atoms with van der Waals surface area (Å²) in [5, 5.41) is 0. The lowest BCUT2D eigenvalue weighted by atomic mass is 9.68. The Morgan fingerprint density at radius 3 is 2.11 bits per heavy atom. The molecule has 0 fully saturated rings. The Balaban J connectivity index is 1.53. The summed E-state index contributed by atoms with van der Waals surface area (Å²) in [5.41, 5.74) is 2.17. The SMILES string of the molecule is COc1ccc(CN(C2=CCC3C(=O)c4ccccc4C(=O)C3C2)S(=O)(=O)c2ccc(Br)cc2)cc1. The van der Waals surface area contributed by atoms with Gasteiger partial charge in [0.25, 0.3) is 10.0 Å². The number of nitrogens with zero attached hydrogens (tertiary/aromatic N) is 1. The molecule has 2 unspecified atom stereocenters. The summed E-state index contributed by atoms with van der Waals surface area (Å²) in [4.78, 5) is 26.7. The fourth-order valence-electron chi connectivity index (χ4n) is 4.93. The first-order valence-electron chi connectivity index (χ1n) is 11.6. The molecule has 0 spiro atoms. The number of sulfonamides is 1. The molecule has 36 heavy (non-hydrogen) atoms. The van der Waals surface area contributed by atoms with E-state index in [-0.39, 0.29) is 29.4 Å². The van der Waals surface area contributed by atoms with E-state index in [4.69, 9.17) is 4.74 Å². The van der Waals surface area contributed by atoms with Gasteiger partial charge in [-0.25, -0.2) is 8.42 Å². The molecule has 0 radical (unpaired) electrons. The third kappa shape index (κ3) is 4.40. The van der Waals surface area contributed by atoms with Gasteiger partial charge in [0, 0.05) is 33.1 Å². The molecule has 2 aliphatic carbocycles. The maximum Gasteiger partial charge on any atom is 0.264 e. The molecule has 0 aliphatic heterocycles. The lowest BCUT2D eigenvalue weighted by molar-refractivity contribution is 0.0718. The van der Waals surface area contributed by atoms with E-state index in [0.717, 1.165) is 10.0 Å². The van der Waals surface area contributed by atoms with Crippen molar-refractivity contribution in [1.82, 2.24) is 4.31 Å². The maximum atomic E-state index is 13.9. The molecule has 6 nitrogen and oxygen atoms in total. The van der Waals surface area contributed by atoms with Crippen LogP contribution < -0.4 is 4.74 Å². The van der Waals surface area contributed by atoms with Crippen molar-refractivity contribution in [3.05, 3.63) is 106 Å². The van der Waals surface area contributed by atoms with Crippen molar-refractivity contribution >= 4 is 37.5 Å². The number of ketones is 2. The van der Waals surface area contributed by atoms with Gasteiger partial charge in [-0.3, -0.25) is 13.9 Å². The summed E-state index contributed by atoms with van der Waals surface area (Å²) >= 11 is 3.36. The Kier molecular flexibility index (Phi) is 6.57. The van der Waals surface area contributed by atoms with Gasteiger partial charge in [-0.05, 0) is 54.8 Å². The molecule has 0 saturated heterocycles. The molecule has 8 heteroatoms. The summed E-state index contributed by atoms with van der Waals surface area (Å²) in [6, 6.07) is 20.6. The van der Waals surface area contributed by atoms with E-state index in [1.807, 2.05) is 12.1 Å². The quantitative estimate of drug-likeness (QED) is 0.386. The van der Waals surface area contributed by atoms with Gasteiger partial charge >= 0.3 is 0 Å². The van der Waals surface area contributed by atoms with Crippen molar-refractivity contribution in [2.45, 2.75) is 24.3 Å². The van der Waals surface area contributed by atoms with E-state index >= 15 is 0 Å². The number of benzene rings is 3. The first kappa shape index (κ1) is 24.5. The highest BCUT2D eigenvalue weighted by Gasteiger charge is 2.44. The molecule has 0 bridgehead atoms. The molecule has 0 aromatic heterocycles. The zero-order valence-electron chi connectivity index (χ0n) is 19.6. The predicted octanol–water partition coefficient (Wildman–Crippen LogP) is 5.64. The van der Waals surface area contributed by atoms with Crippen LogP contribution in [-0.4, -0.2) is 31.4 Å². The zero-order valence-corrected chi connectivity index (χ0v) is 22.0. The second-order valence-electron chi connectivity index (χ2n) is 8.94. The number of hydrogen-bond donors (Lipinski definition) is 0. The van der Waals surface area contributed by atoms with E-state index in [9.17, 15) is 18.0 Å². The summed E-state index contributed by atoms with van der Waals surface area (Å²) in [6.45, 7) is 0.0876. The first-order chi connectivity index (χ1) is 17.3. The second kappa shape index (κ2) is 9.67. The monoisotopic (exact) mass is 565 g/mol. The molecule has 0 N–H and O–H groups in total. The molecule has 3 aromatic carbocycles. The van der Waals surface area contributed by atoms with Crippen LogP contribution in [0.15, 0.2) is 93.9 Å². The van der Waals surface area contributed by atoms with Crippen molar-refractivity contribution < 1.29 is 22.7 Å². The van der Waals surface area contributed by atoms with E-state index < -0.39 is 21.9 Å². The minimum absolute atomic E-state index is 0.0528. The van der Waals surface area contributed by atoms with Crippen LogP contribution in [0.5, 0.6) is 5.75 Å². The van der Waals surface area contributed by atoms with Crippen molar-refractivity contribution in [2.24, 2.45) is 11.8 Å². The van der Waals surface area contributed by atoms with Crippen LogP contribution in [0.1, 0.15) is 39.1 Å². The number of Topliss-reactive ketones (excluding diaryl/α,β-unsaturated/α-hetero) is 2. The Labute approximate surface area is 218 Å². The summed E-state index contributed by atoms with van der Waals surface area (Å²) in [7, 11) is -2.37. The van der Waals surface area contributed by atoms with Crippen molar-refractivity contribution in [3.63, 3.8) is 0 Å². The highest BCUT2D eigenvalue weighted by Crippen LogP contribution is 2.41. The number of fused-ring (bicyclic) bond motifs is 2. The molecule has 0 saturated carbocycles. The molecular weight excluding hydrogens is 542 g/mol. The van der Waals surface area contributed by atoms with Gasteiger partial charge in [-0.2, -0.15) is 0 Å². The van der Waals surface area contributed by atoms with Crippen LogP contribution >= 0.6 is 15.9 Å². The summed E-state index contributed by atoms with van der Waals surface area (Å²) in [5.74, 6) is -0.555. The van der Waals surface area contributed by atoms with Gasteiger partial charge in [-0.15, -0.1) is 0 Å². The first-order valence-corrected chi connectivity index (χ1v) is 13.8. The number of rotatable bonds is 6. The zero-order chi connectivity index (χ0) is 25.4. The third-order valence-electron chi connectivity index (χ3n) is 6.86. The predicted molar refractivity (Wildman–Crippen MR) is 139 cm³/mol. The van der Waals surface area contributed by atoms with Gasteiger partial charge in [0.05, 0.1) is 18.6 Å². The standard InChI is InChI=1S/C28H24BrNO5S/c1-35-21-11-6-18(7-12-21)17-30(36(33,34)22-13-8-19(29)9-14-22)20-10-15-25-26(16-20)28(32)24-5-3-2-4-23(24)27(25)31/h2-14,25-26H,15-17H2,1H3. The van der Waals surface area contributed by atoms with E-state index in [1.165, 1.54) is 4.31 Å². The third-order valence-corrected chi connectivity index (χ3v) is 9.20. The number of methoxy groups -OCH3 is 1. The lowest BCUT2D eigenvalue weighted by Crippen LogP contribution is -2.41. The Bertz CT molecular complexity index is 1460. The van der Waals surface area contributed by atoms with Crippen LogP contribution in [0.4, 0.5) is 0 Å². The van der Waals surface area contributed by atoms with Crippen LogP contribution in [0, 0.1) is 11.8 Å². The van der Waals surface area contributed by atoms with Crippen molar-refractivity contribution in [2.75, 3.05) is 7.11 Å². The molecule has 184 valence electrons. The number of hydrogen-bond acceptors (Lipinski definition) is 5. The Morgan fingerprint density at radius 1 is 0.889 bits per heavy atom. The molecule has 2 aliphatic rings. The fraction of sp³-hybridized carbons (Fsp3) is 0.214. The highest BCUT2D eigenvalue weighted by molar-refractivity contribution is 9.10. The van der Waals surface area contributed by atoms with E-state index in [0.29, 0.717) is 29.0 Å². The largest absolute Gasteiger partial charge is 0.497 e. The van der Waals surface area contributed by atoms with Gasteiger partial charge < -0.3 is 4.74 Å². The number of halogens is 1. The molecule has 2 atom stereocenters. The second-order valence-corrected chi connectivity index (χ2v) is 11.7. The Morgan fingerprint density at radius 2 is 1.50 bits per heavy atom. The minimum atomic E-state index is -3.94. The average Bonchev–Trinajstić information content (AvgIpc) is 2.90.